The second-order valence-electron chi connectivity index (χ2n) is 7.75. The molecule has 152 valence electrons. The van der Waals surface area contributed by atoms with Crippen LogP contribution in [0.3, 0.4) is 0 Å². The summed E-state index contributed by atoms with van der Waals surface area (Å²) in [4.78, 5) is 20.6. The Kier molecular flexibility index (Phi) is 5.00. The third kappa shape index (κ3) is 3.60. The van der Waals surface area contributed by atoms with Crippen LogP contribution in [0.1, 0.15) is 27.0 Å². The summed E-state index contributed by atoms with van der Waals surface area (Å²) >= 11 is 1.57. The first-order chi connectivity index (χ1) is 15.1. The van der Waals surface area contributed by atoms with Gasteiger partial charge in [0.25, 0.3) is 5.91 Å². The molecule has 1 aromatic heterocycles. The number of carbonyl (C=O) groups excluding carboxylic acids is 1. The maximum Gasteiger partial charge on any atom is 0.261 e. The summed E-state index contributed by atoms with van der Waals surface area (Å²) in [6.45, 7) is 4.66. The Labute approximate surface area is 185 Å². The number of amides is 1. The van der Waals surface area contributed by atoms with Gasteiger partial charge in [-0.15, -0.1) is 0 Å². The van der Waals surface area contributed by atoms with Crippen LogP contribution in [0.5, 0.6) is 0 Å². The Hall–Kier alpha value is -3.50. The highest BCUT2D eigenvalue weighted by Gasteiger charge is 2.23. The smallest absolute Gasteiger partial charge is 0.261 e. The van der Waals surface area contributed by atoms with Gasteiger partial charge in [0, 0.05) is 5.56 Å². The van der Waals surface area contributed by atoms with E-state index >= 15 is 0 Å². The van der Waals surface area contributed by atoms with Crippen molar-refractivity contribution >= 4 is 43.4 Å². The highest BCUT2D eigenvalue weighted by Crippen LogP contribution is 2.34. The zero-order valence-corrected chi connectivity index (χ0v) is 18.3. The van der Waals surface area contributed by atoms with Gasteiger partial charge < -0.3 is 0 Å². The van der Waals surface area contributed by atoms with Gasteiger partial charge in [0.2, 0.25) is 0 Å². The number of thiazole rings is 1. The quantitative estimate of drug-likeness (QED) is 0.315. The zero-order chi connectivity index (χ0) is 21.4. The first kappa shape index (κ1) is 19.5. The van der Waals surface area contributed by atoms with Gasteiger partial charge in [-0.2, -0.15) is 0 Å². The summed E-state index contributed by atoms with van der Waals surface area (Å²) in [5.41, 5.74) is 5.12. The Morgan fingerprint density at radius 3 is 2.45 bits per heavy atom. The van der Waals surface area contributed by atoms with Crippen molar-refractivity contribution in [3.63, 3.8) is 0 Å². The van der Waals surface area contributed by atoms with Crippen molar-refractivity contribution in [3.05, 3.63) is 107 Å². The lowest BCUT2D eigenvalue weighted by molar-refractivity contribution is 0.0986. The molecule has 0 aliphatic rings. The van der Waals surface area contributed by atoms with Crippen LogP contribution in [0.2, 0.25) is 0 Å². The summed E-state index contributed by atoms with van der Waals surface area (Å²) in [7, 11) is 0. The summed E-state index contributed by atoms with van der Waals surface area (Å²) in [6.07, 6.45) is 0. The molecule has 0 bridgehead atoms. The summed E-state index contributed by atoms with van der Waals surface area (Å²) in [5.74, 6) is -0.0333. The highest BCUT2D eigenvalue weighted by molar-refractivity contribution is 7.22. The SMILES string of the molecule is Cc1ccc2sc(N(Cc3ccccc3)C(=O)c3cccc4ccccc34)nc2c1C. The molecule has 0 aliphatic carbocycles. The normalized spacial score (nSPS) is 11.2. The summed E-state index contributed by atoms with van der Waals surface area (Å²) < 4.78 is 1.10. The molecule has 5 aromatic rings. The van der Waals surface area contributed by atoms with Gasteiger partial charge in [0.1, 0.15) is 0 Å². The lowest BCUT2D eigenvalue weighted by atomic mass is 10.0. The number of nitrogens with zero attached hydrogens (tertiary/aromatic N) is 2. The number of anilines is 1. The molecule has 0 aliphatic heterocycles. The van der Waals surface area contributed by atoms with Crippen LogP contribution in [-0.4, -0.2) is 10.9 Å². The molecule has 0 atom stereocenters. The fourth-order valence-corrected chi connectivity index (χ4v) is 4.90. The fraction of sp³-hybridized carbons (Fsp3) is 0.111. The average molecular weight is 423 g/mol. The monoisotopic (exact) mass is 422 g/mol. The van der Waals surface area contributed by atoms with Crippen LogP contribution in [-0.2, 0) is 6.54 Å². The summed E-state index contributed by atoms with van der Waals surface area (Å²) in [5, 5.41) is 2.75. The molecule has 0 unspecified atom stereocenters. The number of hydrogen-bond acceptors (Lipinski definition) is 3. The van der Waals surface area contributed by atoms with E-state index in [0.717, 1.165) is 37.2 Å². The molecule has 0 saturated heterocycles. The van der Waals surface area contributed by atoms with Crippen molar-refractivity contribution in [2.45, 2.75) is 20.4 Å². The van der Waals surface area contributed by atoms with Crippen molar-refractivity contribution in [2.75, 3.05) is 4.90 Å². The first-order valence-electron chi connectivity index (χ1n) is 10.3. The van der Waals surface area contributed by atoms with Crippen LogP contribution >= 0.6 is 11.3 Å². The number of fused-ring (bicyclic) bond motifs is 2. The number of rotatable bonds is 4. The van der Waals surface area contributed by atoms with Gasteiger partial charge >= 0.3 is 0 Å². The van der Waals surface area contributed by atoms with Gasteiger partial charge in [0.15, 0.2) is 5.13 Å². The van der Waals surface area contributed by atoms with Crippen LogP contribution in [0.4, 0.5) is 5.13 Å². The summed E-state index contributed by atoms with van der Waals surface area (Å²) in [6, 6.07) is 28.2. The van der Waals surface area contributed by atoms with E-state index in [0.29, 0.717) is 12.1 Å². The lowest BCUT2D eigenvalue weighted by Crippen LogP contribution is -2.30. The topological polar surface area (TPSA) is 33.2 Å². The largest absolute Gasteiger partial charge is 0.279 e. The Morgan fingerprint density at radius 2 is 1.61 bits per heavy atom. The maximum absolute atomic E-state index is 13.9. The molecule has 0 spiro atoms. The third-order valence-electron chi connectivity index (χ3n) is 5.75. The van der Waals surface area contributed by atoms with E-state index in [-0.39, 0.29) is 5.91 Å². The van der Waals surface area contributed by atoms with E-state index < -0.39 is 0 Å². The highest BCUT2D eigenvalue weighted by atomic mass is 32.1. The van der Waals surface area contributed by atoms with Crippen molar-refractivity contribution in [2.24, 2.45) is 0 Å². The molecule has 31 heavy (non-hydrogen) atoms. The number of benzene rings is 4. The Bertz CT molecular complexity index is 1400. The van der Waals surface area contributed by atoms with E-state index in [1.165, 1.54) is 5.56 Å². The number of carbonyl (C=O) groups is 1. The molecule has 3 nitrogen and oxygen atoms in total. The molecule has 5 rings (SSSR count). The fourth-order valence-electron chi connectivity index (χ4n) is 3.88. The van der Waals surface area contributed by atoms with Gasteiger partial charge in [-0.1, -0.05) is 84.1 Å². The molecule has 4 heteroatoms. The second kappa shape index (κ2) is 7.97. The molecule has 0 saturated carbocycles. The van der Waals surface area contributed by atoms with Gasteiger partial charge in [-0.25, -0.2) is 4.98 Å². The van der Waals surface area contributed by atoms with Crippen LogP contribution < -0.4 is 4.90 Å². The predicted molar refractivity (Wildman–Crippen MR) is 130 cm³/mol. The van der Waals surface area contributed by atoms with Gasteiger partial charge in [-0.05, 0) is 53.4 Å². The predicted octanol–water partition coefficient (Wildman–Crippen LogP) is 6.91. The van der Waals surface area contributed by atoms with Crippen LogP contribution in [0.15, 0.2) is 84.9 Å². The molecule has 1 amide bonds. The molecule has 1 heterocycles. The molecule has 0 radical (unpaired) electrons. The molecule has 4 aromatic carbocycles. The van der Waals surface area contributed by atoms with Crippen molar-refractivity contribution in [1.82, 2.24) is 4.98 Å². The van der Waals surface area contributed by atoms with Crippen LogP contribution in [0, 0.1) is 13.8 Å². The maximum atomic E-state index is 13.9. The van der Waals surface area contributed by atoms with E-state index in [9.17, 15) is 4.79 Å². The Balaban J connectivity index is 1.65. The van der Waals surface area contributed by atoms with E-state index in [1.54, 1.807) is 11.3 Å². The number of hydrogen-bond donors (Lipinski definition) is 0. The van der Waals surface area contributed by atoms with Gasteiger partial charge in [-0.3, -0.25) is 9.69 Å². The molecular weight excluding hydrogens is 400 g/mol. The molecular formula is C27H22N2OS. The standard InChI is InChI=1S/C27H22N2OS/c1-18-15-16-24-25(19(18)2)28-27(31-24)29(17-20-9-4-3-5-10-20)26(30)23-14-8-12-21-11-6-7-13-22(21)23/h3-16H,17H2,1-2H3. The van der Waals surface area contributed by atoms with E-state index in [4.69, 9.17) is 4.98 Å². The zero-order valence-electron chi connectivity index (χ0n) is 17.5. The number of aryl methyl sites for hydroxylation is 2. The van der Waals surface area contributed by atoms with Crippen LogP contribution in [0.25, 0.3) is 21.0 Å². The second-order valence-corrected chi connectivity index (χ2v) is 8.76. The Morgan fingerprint density at radius 1 is 0.871 bits per heavy atom. The lowest BCUT2D eigenvalue weighted by Gasteiger charge is -2.21. The van der Waals surface area contributed by atoms with E-state index in [1.807, 2.05) is 77.7 Å². The molecule has 0 N–H and O–H groups in total. The van der Waals surface area contributed by atoms with Crippen molar-refractivity contribution in [1.29, 1.82) is 0 Å². The minimum Gasteiger partial charge on any atom is -0.279 e. The first-order valence-corrected chi connectivity index (χ1v) is 11.1. The minimum absolute atomic E-state index is 0.0333. The minimum atomic E-state index is -0.0333. The average Bonchev–Trinajstić information content (AvgIpc) is 3.24. The number of aromatic nitrogens is 1. The van der Waals surface area contributed by atoms with E-state index in [2.05, 4.69) is 26.0 Å². The van der Waals surface area contributed by atoms with Crippen molar-refractivity contribution < 1.29 is 4.79 Å². The van der Waals surface area contributed by atoms with Gasteiger partial charge in [0.05, 0.1) is 16.8 Å². The molecule has 0 fully saturated rings. The van der Waals surface area contributed by atoms with Crippen molar-refractivity contribution in [3.8, 4) is 0 Å². The third-order valence-corrected chi connectivity index (χ3v) is 6.80.